The molecule has 2 aromatic rings. The third-order valence-corrected chi connectivity index (χ3v) is 6.73. The number of hydrogen-bond donors (Lipinski definition) is 2. The fraction of sp³-hybridized carbons (Fsp3) is 0.500. The van der Waals surface area contributed by atoms with Crippen LogP contribution in [0.3, 0.4) is 0 Å². The van der Waals surface area contributed by atoms with Crippen molar-refractivity contribution in [2.75, 3.05) is 18.0 Å². The number of morpholine rings is 1. The van der Waals surface area contributed by atoms with Gasteiger partial charge in [0.2, 0.25) is 17.4 Å². The number of Topliss-reactive ketones (excluding diaryl/α,β-unsaturated/α-hetero) is 1. The van der Waals surface area contributed by atoms with Crippen molar-refractivity contribution in [3.8, 4) is 0 Å². The Morgan fingerprint density at radius 1 is 1.36 bits per heavy atom. The summed E-state index contributed by atoms with van der Waals surface area (Å²) < 4.78 is 27.0. The third kappa shape index (κ3) is 2.91. The van der Waals surface area contributed by atoms with Gasteiger partial charge in [-0.3, -0.25) is 24.5 Å². The van der Waals surface area contributed by atoms with Crippen LogP contribution in [0.2, 0.25) is 0 Å². The highest BCUT2D eigenvalue weighted by Gasteiger charge is 2.62. The standard InChI is InChI=1S/C22H23FN4O6/c1-4-24-20(30)16-12-5-11-7-22(13(28)6-14(29)25-21(22)31)19-10(3)32-9(2)8-27(19)17(11)15(23)18(12)33-26-16/h5,9-10,19H,4,6-8H2,1-3H3,(H,24,30)(H,25,29,31)/t9-,10+,19-,22?/m1/s1. The molecule has 3 amide bonds. The van der Waals surface area contributed by atoms with E-state index < -0.39 is 53.3 Å². The summed E-state index contributed by atoms with van der Waals surface area (Å²) in [6.07, 6.45) is -1.49. The number of piperidine rings is 1. The average Bonchev–Trinajstić information content (AvgIpc) is 3.15. The molecule has 4 heterocycles. The lowest BCUT2D eigenvalue weighted by molar-refractivity contribution is -0.158. The highest BCUT2D eigenvalue weighted by Crippen LogP contribution is 2.50. The summed E-state index contributed by atoms with van der Waals surface area (Å²) in [6, 6.07) is 0.730. The number of nitrogens with one attached hydrogen (secondary N) is 2. The van der Waals surface area contributed by atoms with Crippen LogP contribution in [-0.4, -0.2) is 60.0 Å². The van der Waals surface area contributed by atoms with Gasteiger partial charge in [0, 0.05) is 13.1 Å². The van der Waals surface area contributed by atoms with Crippen LogP contribution in [0.15, 0.2) is 10.6 Å². The van der Waals surface area contributed by atoms with Crippen molar-refractivity contribution in [2.24, 2.45) is 5.41 Å². The summed E-state index contributed by atoms with van der Waals surface area (Å²) in [5.74, 6) is -3.15. The van der Waals surface area contributed by atoms with Gasteiger partial charge in [0.15, 0.2) is 17.3 Å². The van der Waals surface area contributed by atoms with Gasteiger partial charge in [-0.05, 0) is 38.8 Å². The number of aromatic nitrogens is 1. The second-order valence-corrected chi connectivity index (χ2v) is 8.84. The topological polar surface area (TPSA) is 131 Å². The Hall–Kier alpha value is -3.34. The van der Waals surface area contributed by atoms with Crippen molar-refractivity contribution in [3.63, 3.8) is 0 Å². The number of anilines is 1. The first-order valence-electron chi connectivity index (χ1n) is 10.9. The van der Waals surface area contributed by atoms with Gasteiger partial charge in [0.05, 0.1) is 35.7 Å². The SMILES string of the molecule is CCNC(=O)c1noc2c(F)c3c(cc12)CC1(C(=O)CC(=O)NC1=O)[C@H]1[C@H](C)O[C@H](C)CN31. The van der Waals surface area contributed by atoms with Gasteiger partial charge >= 0.3 is 0 Å². The number of nitrogens with zero attached hydrogens (tertiary/aromatic N) is 2. The molecule has 0 saturated carbocycles. The van der Waals surface area contributed by atoms with Crippen LogP contribution in [0.1, 0.15) is 43.2 Å². The van der Waals surface area contributed by atoms with Crippen LogP contribution in [-0.2, 0) is 25.5 Å². The molecule has 1 spiro atoms. The number of rotatable bonds is 2. The van der Waals surface area contributed by atoms with E-state index in [1.807, 2.05) is 6.92 Å². The minimum absolute atomic E-state index is 0.0805. The van der Waals surface area contributed by atoms with E-state index in [-0.39, 0.29) is 41.4 Å². The Morgan fingerprint density at radius 3 is 2.82 bits per heavy atom. The molecule has 0 aliphatic carbocycles. The molecule has 4 atom stereocenters. The molecule has 0 bridgehead atoms. The molecule has 1 unspecified atom stereocenters. The van der Waals surface area contributed by atoms with Crippen LogP contribution in [0.25, 0.3) is 11.0 Å². The van der Waals surface area contributed by atoms with Crippen LogP contribution < -0.4 is 15.5 Å². The predicted octanol–water partition coefficient (Wildman–Crippen LogP) is 0.857. The molecule has 5 rings (SSSR count). The number of ketones is 1. The zero-order chi connectivity index (χ0) is 23.7. The minimum Gasteiger partial charge on any atom is -0.372 e. The molecule has 2 N–H and O–H groups in total. The smallest absolute Gasteiger partial charge is 0.274 e. The van der Waals surface area contributed by atoms with Gasteiger partial charge in [0.1, 0.15) is 5.41 Å². The molecular weight excluding hydrogens is 435 g/mol. The van der Waals surface area contributed by atoms with Crippen LogP contribution >= 0.6 is 0 Å². The van der Waals surface area contributed by atoms with E-state index >= 15 is 4.39 Å². The van der Waals surface area contributed by atoms with E-state index in [4.69, 9.17) is 9.26 Å². The number of hydrogen-bond acceptors (Lipinski definition) is 8. The number of halogens is 1. The second-order valence-electron chi connectivity index (χ2n) is 8.84. The Morgan fingerprint density at radius 2 is 2.12 bits per heavy atom. The monoisotopic (exact) mass is 458 g/mol. The first-order valence-corrected chi connectivity index (χ1v) is 10.9. The molecule has 3 aliphatic rings. The van der Waals surface area contributed by atoms with Crippen molar-refractivity contribution < 1.29 is 32.8 Å². The normalized spacial score (nSPS) is 29.2. The lowest BCUT2D eigenvalue weighted by atomic mass is 9.63. The van der Waals surface area contributed by atoms with Crippen molar-refractivity contribution in [2.45, 2.75) is 51.9 Å². The summed E-state index contributed by atoms with van der Waals surface area (Å²) in [4.78, 5) is 52.5. The maximum absolute atomic E-state index is 15.9. The van der Waals surface area contributed by atoms with E-state index in [9.17, 15) is 19.2 Å². The second kappa shape index (κ2) is 7.34. The van der Waals surface area contributed by atoms with E-state index in [1.54, 1.807) is 24.8 Å². The molecule has 33 heavy (non-hydrogen) atoms. The number of ether oxygens (including phenoxy) is 1. The number of carbonyl (C=O) groups is 4. The van der Waals surface area contributed by atoms with Gasteiger partial charge in [-0.1, -0.05) is 5.16 Å². The Kier molecular flexibility index (Phi) is 4.78. The maximum atomic E-state index is 15.9. The Balaban J connectivity index is 1.75. The molecule has 2 saturated heterocycles. The van der Waals surface area contributed by atoms with Gasteiger partial charge in [-0.2, -0.15) is 0 Å². The number of benzene rings is 1. The highest BCUT2D eigenvalue weighted by atomic mass is 19.1. The van der Waals surface area contributed by atoms with Crippen molar-refractivity contribution in [3.05, 3.63) is 23.1 Å². The van der Waals surface area contributed by atoms with E-state index in [0.29, 0.717) is 12.1 Å². The molecule has 0 radical (unpaired) electrons. The quantitative estimate of drug-likeness (QED) is 0.501. The van der Waals surface area contributed by atoms with Gasteiger partial charge in [-0.25, -0.2) is 4.39 Å². The number of imide groups is 1. The molecule has 10 nitrogen and oxygen atoms in total. The van der Waals surface area contributed by atoms with Crippen molar-refractivity contribution >= 4 is 40.2 Å². The first kappa shape index (κ1) is 21.5. The fourth-order valence-electron chi connectivity index (χ4n) is 5.55. The van der Waals surface area contributed by atoms with Crippen LogP contribution in [0.5, 0.6) is 0 Å². The van der Waals surface area contributed by atoms with Gasteiger partial charge in [-0.15, -0.1) is 0 Å². The van der Waals surface area contributed by atoms with E-state index in [1.165, 1.54) is 0 Å². The van der Waals surface area contributed by atoms with Crippen molar-refractivity contribution in [1.29, 1.82) is 0 Å². The van der Waals surface area contributed by atoms with E-state index in [2.05, 4.69) is 15.8 Å². The predicted molar refractivity (Wildman–Crippen MR) is 112 cm³/mol. The molecular formula is C22H23FN4O6. The molecule has 2 fully saturated rings. The molecule has 3 aliphatic heterocycles. The van der Waals surface area contributed by atoms with Gasteiger partial charge in [0.25, 0.3) is 5.91 Å². The largest absolute Gasteiger partial charge is 0.372 e. The Labute approximate surface area is 187 Å². The zero-order valence-electron chi connectivity index (χ0n) is 18.4. The van der Waals surface area contributed by atoms with Gasteiger partial charge < -0.3 is 19.5 Å². The number of amides is 3. The van der Waals surface area contributed by atoms with Crippen LogP contribution in [0, 0.1) is 11.2 Å². The van der Waals surface area contributed by atoms with Crippen molar-refractivity contribution in [1.82, 2.24) is 15.8 Å². The molecule has 11 heteroatoms. The van der Waals surface area contributed by atoms with E-state index in [0.717, 1.165) is 0 Å². The zero-order valence-corrected chi connectivity index (χ0v) is 18.4. The number of fused-ring (bicyclic) bond motifs is 5. The molecule has 174 valence electrons. The average molecular weight is 458 g/mol. The summed E-state index contributed by atoms with van der Waals surface area (Å²) in [6.45, 7) is 5.85. The molecule has 1 aromatic heterocycles. The first-order chi connectivity index (χ1) is 15.7. The highest BCUT2D eigenvalue weighted by molar-refractivity contribution is 6.22. The summed E-state index contributed by atoms with van der Waals surface area (Å²) >= 11 is 0. The van der Waals surface area contributed by atoms with Crippen LogP contribution in [0.4, 0.5) is 10.1 Å². The summed E-state index contributed by atoms with van der Waals surface area (Å²) in [5, 5.41) is 8.81. The lowest BCUT2D eigenvalue weighted by Crippen LogP contribution is -2.72. The third-order valence-electron chi connectivity index (χ3n) is 6.73. The minimum atomic E-state index is -1.64. The number of carbonyl (C=O) groups excluding carboxylic acids is 4. The summed E-state index contributed by atoms with van der Waals surface area (Å²) in [7, 11) is 0. The lowest BCUT2D eigenvalue weighted by Gasteiger charge is -2.55. The Bertz CT molecular complexity index is 1200. The fourth-order valence-corrected chi connectivity index (χ4v) is 5.55. The molecule has 1 aromatic carbocycles. The summed E-state index contributed by atoms with van der Waals surface area (Å²) in [5.41, 5.74) is -1.33. The maximum Gasteiger partial charge on any atom is 0.274 e.